The second-order valence-electron chi connectivity index (χ2n) is 5.93. The normalized spacial score (nSPS) is 23.8. The largest absolute Gasteiger partial charge is 0.397 e. The van der Waals surface area contributed by atoms with E-state index >= 15 is 0 Å². The third-order valence-electron chi connectivity index (χ3n) is 4.20. The number of aliphatic hydroxyl groups is 1. The fourth-order valence-electron chi connectivity index (χ4n) is 2.43. The maximum atomic E-state index is 11.7. The van der Waals surface area contributed by atoms with Crippen LogP contribution in [0, 0.1) is 5.41 Å². The van der Waals surface area contributed by atoms with Gasteiger partial charge in [0.2, 0.25) is 0 Å². The van der Waals surface area contributed by atoms with Crippen molar-refractivity contribution >= 4 is 17.3 Å². The summed E-state index contributed by atoms with van der Waals surface area (Å²) in [5, 5.41) is 15.8. The molecule has 2 atom stereocenters. The van der Waals surface area contributed by atoms with Gasteiger partial charge in [-0.3, -0.25) is 4.79 Å². The third-order valence-corrected chi connectivity index (χ3v) is 4.20. The lowest BCUT2D eigenvalue weighted by atomic mass is 9.64. The van der Waals surface area contributed by atoms with Crippen molar-refractivity contribution in [3.05, 3.63) is 23.8 Å². The van der Waals surface area contributed by atoms with E-state index in [0.717, 1.165) is 5.69 Å². The van der Waals surface area contributed by atoms with E-state index in [1.54, 1.807) is 12.1 Å². The first-order valence-corrected chi connectivity index (χ1v) is 6.98. The summed E-state index contributed by atoms with van der Waals surface area (Å²) in [7, 11) is 0. The molecule has 1 aliphatic carbocycles. The molecule has 0 heterocycles. The highest BCUT2D eigenvalue weighted by molar-refractivity contribution is 5.96. The smallest absolute Gasteiger partial charge is 0.251 e. The van der Waals surface area contributed by atoms with Crippen LogP contribution in [-0.2, 0) is 0 Å². The summed E-state index contributed by atoms with van der Waals surface area (Å²) in [6.07, 6.45) is 0.431. The standard InChI is InChI=1S/C15H23N3O2/c1-4-17-14(20)9-5-6-11(10(16)7-9)18-12-8-13(19)15(12,2)3/h5-7,12-13,18-19H,4,8,16H2,1-3H3,(H,17,20). The second-order valence-corrected chi connectivity index (χ2v) is 5.93. The van der Waals surface area contributed by atoms with Gasteiger partial charge < -0.3 is 21.5 Å². The number of benzene rings is 1. The zero-order chi connectivity index (χ0) is 14.9. The van der Waals surface area contributed by atoms with Gasteiger partial charge in [0, 0.05) is 23.6 Å². The molecule has 1 fully saturated rings. The molecule has 5 N–H and O–H groups in total. The number of hydrogen-bond donors (Lipinski definition) is 4. The van der Waals surface area contributed by atoms with E-state index in [9.17, 15) is 9.90 Å². The molecule has 0 aromatic heterocycles. The molecule has 2 rings (SSSR count). The molecule has 0 aliphatic heterocycles. The number of carbonyl (C=O) groups excluding carboxylic acids is 1. The van der Waals surface area contributed by atoms with Gasteiger partial charge in [0.1, 0.15) is 0 Å². The molecule has 1 aromatic carbocycles. The number of amides is 1. The molecule has 5 nitrogen and oxygen atoms in total. The molecule has 1 amide bonds. The Balaban J connectivity index is 2.09. The van der Waals surface area contributed by atoms with Crippen molar-refractivity contribution in [3.63, 3.8) is 0 Å². The molecule has 110 valence electrons. The van der Waals surface area contributed by atoms with Crippen LogP contribution in [0.2, 0.25) is 0 Å². The molecule has 20 heavy (non-hydrogen) atoms. The van der Waals surface area contributed by atoms with Crippen LogP contribution in [0.3, 0.4) is 0 Å². The van der Waals surface area contributed by atoms with Gasteiger partial charge in [-0.1, -0.05) is 13.8 Å². The zero-order valence-corrected chi connectivity index (χ0v) is 12.2. The van der Waals surface area contributed by atoms with Crippen LogP contribution in [-0.4, -0.2) is 29.7 Å². The van der Waals surface area contributed by atoms with E-state index in [0.29, 0.717) is 24.2 Å². The number of hydrogen-bond acceptors (Lipinski definition) is 4. The van der Waals surface area contributed by atoms with Crippen LogP contribution in [0.1, 0.15) is 37.6 Å². The zero-order valence-electron chi connectivity index (χ0n) is 12.2. The lowest BCUT2D eigenvalue weighted by Gasteiger charge is -2.50. The highest BCUT2D eigenvalue weighted by atomic mass is 16.3. The minimum Gasteiger partial charge on any atom is -0.397 e. The average molecular weight is 277 g/mol. The number of carbonyl (C=O) groups is 1. The van der Waals surface area contributed by atoms with Gasteiger partial charge >= 0.3 is 0 Å². The van der Waals surface area contributed by atoms with Crippen molar-refractivity contribution in [1.82, 2.24) is 5.32 Å². The monoisotopic (exact) mass is 277 g/mol. The first kappa shape index (κ1) is 14.7. The number of nitrogens with one attached hydrogen (secondary N) is 2. The summed E-state index contributed by atoms with van der Waals surface area (Å²) in [5.74, 6) is -0.120. The van der Waals surface area contributed by atoms with Crippen molar-refractivity contribution in [2.24, 2.45) is 5.41 Å². The van der Waals surface area contributed by atoms with Crippen LogP contribution < -0.4 is 16.4 Å². The van der Waals surface area contributed by atoms with Gasteiger partial charge in [-0.05, 0) is 31.5 Å². The minimum atomic E-state index is -0.282. The molecule has 2 unspecified atom stereocenters. The average Bonchev–Trinajstić information content (AvgIpc) is 2.40. The SMILES string of the molecule is CCNC(=O)c1ccc(NC2CC(O)C2(C)C)c(N)c1. The number of nitrogens with two attached hydrogens (primary N) is 1. The Labute approximate surface area is 119 Å². The summed E-state index contributed by atoms with van der Waals surface area (Å²) >= 11 is 0. The number of rotatable bonds is 4. The van der Waals surface area contributed by atoms with Crippen molar-refractivity contribution in [2.75, 3.05) is 17.6 Å². The lowest BCUT2D eigenvalue weighted by molar-refractivity contribution is -0.0510. The van der Waals surface area contributed by atoms with Gasteiger partial charge in [-0.2, -0.15) is 0 Å². The Morgan fingerprint density at radius 1 is 1.50 bits per heavy atom. The van der Waals surface area contributed by atoms with E-state index in [4.69, 9.17) is 5.73 Å². The number of nitrogen functional groups attached to an aromatic ring is 1. The first-order valence-electron chi connectivity index (χ1n) is 6.98. The fraction of sp³-hybridized carbons (Fsp3) is 0.533. The Morgan fingerprint density at radius 3 is 2.70 bits per heavy atom. The van der Waals surface area contributed by atoms with Crippen LogP contribution in [0.15, 0.2) is 18.2 Å². The van der Waals surface area contributed by atoms with Crippen LogP contribution in [0.25, 0.3) is 0 Å². The Morgan fingerprint density at radius 2 is 2.20 bits per heavy atom. The van der Waals surface area contributed by atoms with Crippen molar-refractivity contribution < 1.29 is 9.90 Å². The summed E-state index contributed by atoms with van der Waals surface area (Å²) in [6, 6.07) is 5.44. The van der Waals surface area contributed by atoms with E-state index in [1.165, 1.54) is 0 Å². The molecule has 0 bridgehead atoms. The van der Waals surface area contributed by atoms with Gasteiger partial charge in [-0.15, -0.1) is 0 Å². The fourth-order valence-corrected chi connectivity index (χ4v) is 2.43. The Kier molecular flexibility index (Phi) is 3.90. The summed E-state index contributed by atoms with van der Waals surface area (Å²) in [6.45, 7) is 6.52. The van der Waals surface area contributed by atoms with Gasteiger partial charge in [0.25, 0.3) is 5.91 Å². The maximum Gasteiger partial charge on any atom is 0.251 e. The van der Waals surface area contributed by atoms with E-state index in [-0.39, 0.29) is 23.5 Å². The molecule has 5 heteroatoms. The second kappa shape index (κ2) is 5.32. The van der Waals surface area contributed by atoms with Crippen molar-refractivity contribution in [1.29, 1.82) is 0 Å². The van der Waals surface area contributed by atoms with Gasteiger partial charge in [-0.25, -0.2) is 0 Å². The predicted molar refractivity (Wildman–Crippen MR) is 80.7 cm³/mol. The van der Waals surface area contributed by atoms with Gasteiger partial charge in [0.05, 0.1) is 17.5 Å². The molecular formula is C15H23N3O2. The van der Waals surface area contributed by atoms with Crippen LogP contribution in [0.4, 0.5) is 11.4 Å². The van der Waals surface area contributed by atoms with Crippen molar-refractivity contribution in [2.45, 2.75) is 39.3 Å². The molecular weight excluding hydrogens is 254 g/mol. The lowest BCUT2D eigenvalue weighted by Crippen LogP contribution is -2.56. The third kappa shape index (κ3) is 2.58. The van der Waals surface area contributed by atoms with Crippen LogP contribution in [0.5, 0.6) is 0 Å². The Hall–Kier alpha value is -1.75. The highest BCUT2D eigenvalue weighted by Crippen LogP contribution is 2.42. The first-order chi connectivity index (χ1) is 9.36. The highest BCUT2D eigenvalue weighted by Gasteiger charge is 2.47. The summed E-state index contributed by atoms with van der Waals surface area (Å²) in [4.78, 5) is 11.7. The number of aliphatic hydroxyl groups excluding tert-OH is 1. The van der Waals surface area contributed by atoms with Gasteiger partial charge in [0.15, 0.2) is 0 Å². The summed E-state index contributed by atoms with van der Waals surface area (Å²) < 4.78 is 0. The quantitative estimate of drug-likeness (QED) is 0.629. The van der Waals surface area contributed by atoms with E-state index in [1.807, 2.05) is 26.8 Å². The minimum absolute atomic E-state index is 0.120. The summed E-state index contributed by atoms with van der Waals surface area (Å²) in [5.41, 5.74) is 7.75. The molecule has 1 saturated carbocycles. The number of anilines is 2. The van der Waals surface area contributed by atoms with Crippen molar-refractivity contribution in [3.8, 4) is 0 Å². The molecule has 0 spiro atoms. The molecule has 0 radical (unpaired) electrons. The molecule has 1 aliphatic rings. The predicted octanol–water partition coefficient (Wildman–Crippen LogP) is 1.59. The maximum absolute atomic E-state index is 11.7. The molecule has 0 saturated heterocycles. The van der Waals surface area contributed by atoms with E-state index in [2.05, 4.69) is 10.6 Å². The van der Waals surface area contributed by atoms with Crippen LogP contribution >= 0.6 is 0 Å². The van der Waals surface area contributed by atoms with E-state index < -0.39 is 0 Å². The Bertz CT molecular complexity index is 514. The molecule has 1 aromatic rings. The topological polar surface area (TPSA) is 87.4 Å².